The van der Waals surface area contributed by atoms with Gasteiger partial charge in [-0.05, 0) is 80.8 Å². The van der Waals surface area contributed by atoms with Crippen LogP contribution in [0.25, 0.3) is 0 Å². The van der Waals surface area contributed by atoms with Crippen LogP contribution >= 0.6 is 0 Å². The average molecular weight is 441 g/mol. The molecule has 9 heteroatoms. The third-order valence-electron chi connectivity index (χ3n) is 4.66. The second-order valence-corrected chi connectivity index (χ2v) is 8.84. The number of aryl methyl sites for hydroxylation is 2. The maximum atomic E-state index is 12.5. The van der Waals surface area contributed by atoms with Crippen LogP contribution in [0.2, 0.25) is 0 Å². The van der Waals surface area contributed by atoms with Crippen molar-refractivity contribution in [3.05, 3.63) is 71.5 Å². The zero-order valence-electron chi connectivity index (χ0n) is 17.7. The molecule has 2 aromatic carbocycles. The second kappa shape index (κ2) is 9.13. The highest BCUT2D eigenvalue weighted by Crippen LogP contribution is 2.24. The molecule has 1 amide bonds. The minimum atomic E-state index is -3.84. The van der Waals surface area contributed by atoms with E-state index in [9.17, 15) is 13.2 Å². The summed E-state index contributed by atoms with van der Waals surface area (Å²) in [5.74, 6) is 0.299. The number of hydrogen-bond acceptors (Lipinski definition) is 6. The van der Waals surface area contributed by atoms with Crippen molar-refractivity contribution < 1.29 is 17.9 Å². The quantitative estimate of drug-likeness (QED) is 0.581. The molecule has 1 aromatic heterocycles. The molecule has 3 aromatic rings. The fourth-order valence-corrected chi connectivity index (χ4v) is 3.82. The monoisotopic (exact) mass is 440 g/mol. The number of ether oxygens (including phenoxy) is 1. The Balaban J connectivity index is 1.66. The lowest BCUT2D eigenvalue weighted by molar-refractivity contribution is -0.122. The maximum Gasteiger partial charge on any atom is 0.265 e. The van der Waals surface area contributed by atoms with Crippen LogP contribution in [0.3, 0.4) is 0 Å². The lowest BCUT2D eigenvalue weighted by atomic mass is 10.1. The fraction of sp³-hybridized carbons (Fsp3) is 0.227. The van der Waals surface area contributed by atoms with E-state index < -0.39 is 16.1 Å². The van der Waals surface area contributed by atoms with E-state index in [1.54, 1.807) is 13.0 Å². The summed E-state index contributed by atoms with van der Waals surface area (Å²) in [5, 5.41) is 2.74. The molecule has 0 bridgehead atoms. The highest BCUT2D eigenvalue weighted by Gasteiger charge is 2.18. The predicted octanol–water partition coefficient (Wildman–Crippen LogP) is 3.61. The Morgan fingerprint density at radius 1 is 1.03 bits per heavy atom. The normalized spacial score (nSPS) is 12.1. The largest absolute Gasteiger partial charge is 0.481 e. The Kier molecular flexibility index (Phi) is 6.55. The van der Waals surface area contributed by atoms with Crippen molar-refractivity contribution in [3.8, 4) is 5.75 Å². The number of nitrogens with zero attached hydrogens (tertiary/aromatic N) is 2. The molecule has 0 radical (unpaired) electrons. The van der Waals surface area contributed by atoms with E-state index in [0.29, 0.717) is 11.4 Å². The molecule has 8 nitrogen and oxygen atoms in total. The topological polar surface area (TPSA) is 110 Å². The Hall–Kier alpha value is -3.46. The standard InChI is InChI=1S/C22H24N4O4S/c1-14-12-15(2)16(3)20(13-14)30-17(4)21(27)25-18-6-8-19(9-7-18)31(28,29)26-22-23-10-5-11-24-22/h5-13,17H,1-4H3,(H,25,27)(H,23,24,26)/t17-/m0/s1. The van der Waals surface area contributed by atoms with Crippen LogP contribution in [0.4, 0.5) is 11.6 Å². The summed E-state index contributed by atoms with van der Waals surface area (Å²) >= 11 is 0. The van der Waals surface area contributed by atoms with Gasteiger partial charge in [0.05, 0.1) is 4.90 Å². The van der Waals surface area contributed by atoms with Gasteiger partial charge in [0.25, 0.3) is 15.9 Å². The summed E-state index contributed by atoms with van der Waals surface area (Å²) in [5.41, 5.74) is 3.58. The van der Waals surface area contributed by atoms with E-state index in [0.717, 1.165) is 16.7 Å². The van der Waals surface area contributed by atoms with Gasteiger partial charge in [-0.1, -0.05) is 6.07 Å². The highest BCUT2D eigenvalue weighted by atomic mass is 32.2. The number of carbonyl (C=O) groups is 1. The smallest absolute Gasteiger partial charge is 0.265 e. The van der Waals surface area contributed by atoms with E-state index in [2.05, 4.69) is 26.1 Å². The van der Waals surface area contributed by atoms with Crippen LogP contribution in [0.5, 0.6) is 5.75 Å². The van der Waals surface area contributed by atoms with Crippen LogP contribution in [0.15, 0.2) is 59.8 Å². The molecule has 1 heterocycles. The number of benzene rings is 2. The van der Waals surface area contributed by atoms with Gasteiger partial charge in [-0.25, -0.2) is 23.1 Å². The molecule has 0 fully saturated rings. The fourth-order valence-electron chi connectivity index (χ4n) is 2.86. The third kappa shape index (κ3) is 5.58. The Bertz CT molecular complexity index is 1180. The summed E-state index contributed by atoms with van der Waals surface area (Å²) in [7, 11) is -3.84. The van der Waals surface area contributed by atoms with Crippen LogP contribution < -0.4 is 14.8 Å². The van der Waals surface area contributed by atoms with Crippen molar-refractivity contribution in [1.29, 1.82) is 0 Å². The first-order valence-electron chi connectivity index (χ1n) is 9.61. The number of amides is 1. The molecule has 31 heavy (non-hydrogen) atoms. The third-order valence-corrected chi connectivity index (χ3v) is 6.00. The van der Waals surface area contributed by atoms with Gasteiger partial charge in [-0.15, -0.1) is 0 Å². The number of rotatable bonds is 7. The molecule has 162 valence electrons. The zero-order valence-corrected chi connectivity index (χ0v) is 18.5. The maximum absolute atomic E-state index is 12.5. The summed E-state index contributed by atoms with van der Waals surface area (Å²) in [6.07, 6.45) is 2.14. The molecule has 0 aliphatic heterocycles. The van der Waals surface area contributed by atoms with Crippen molar-refractivity contribution in [2.75, 3.05) is 10.0 Å². The Labute approximate surface area is 181 Å². The lowest BCUT2D eigenvalue weighted by Gasteiger charge is -2.18. The predicted molar refractivity (Wildman–Crippen MR) is 119 cm³/mol. The molecule has 3 rings (SSSR count). The van der Waals surface area contributed by atoms with Gasteiger partial charge in [-0.3, -0.25) is 4.79 Å². The van der Waals surface area contributed by atoms with Crippen molar-refractivity contribution in [3.63, 3.8) is 0 Å². The molecule has 0 spiro atoms. The molecule has 0 aliphatic rings. The summed E-state index contributed by atoms with van der Waals surface area (Å²) in [6.45, 7) is 7.57. The molecular weight excluding hydrogens is 416 g/mol. The van der Waals surface area contributed by atoms with Crippen LogP contribution in [0, 0.1) is 20.8 Å². The van der Waals surface area contributed by atoms with Crippen LogP contribution in [-0.2, 0) is 14.8 Å². The van der Waals surface area contributed by atoms with Gasteiger partial charge < -0.3 is 10.1 Å². The van der Waals surface area contributed by atoms with Crippen LogP contribution in [-0.4, -0.2) is 30.4 Å². The van der Waals surface area contributed by atoms with E-state index in [1.807, 2.05) is 26.8 Å². The molecule has 0 unspecified atom stereocenters. The van der Waals surface area contributed by atoms with Crippen molar-refractivity contribution >= 4 is 27.6 Å². The van der Waals surface area contributed by atoms with Gasteiger partial charge in [0, 0.05) is 18.1 Å². The minimum absolute atomic E-state index is 0.0208. The number of sulfonamides is 1. The number of carbonyl (C=O) groups excluding carboxylic acids is 1. The molecule has 0 saturated heterocycles. The summed E-state index contributed by atoms with van der Waals surface area (Å²) in [6, 6.07) is 11.3. The van der Waals surface area contributed by atoms with E-state index in [-0.39, 0.29) is 16.8 Å². The van der Waals surface area contributed by atoms with Gasteiger partial charge in [0.15, 0.2) is 6.10 Å². The molecule has 2 N–H and O–H groups in total. The SMILES string of the molecule is Cc1cc(C)c(C)c(O[C@@H](C)C(=O)Nc2ccc(S(=O)(=O)Nc3ncccn3)cc2)c1. The van der Waals surface area contributed by atoms with E-state index in [1.165, 1.54) is 36.7 Å². The van der Waals surface area contributed by atoms with E-state index >= 15 is 0 Å². The zero-order chi connectivity index (χ0) is 22.6. The average Bonchev–Trinajstić information content (AvgIpc) is 2.72. The van der Waals surface area contributed by atoms with Gasteiger partial charge in [0.1, 0.15) is 5.75 Å². The number of anilines is 2. The molecule has 1 atom stereocenters. The van der Waals surface area contributed by atoms with Gasteiger partial charge >= 0.3 is 0 Å². The number of aromatic nitrogens is 2. The first-order chi connectivity index (χ1) is 14.7. The lowest BCUT2D eigenvalue weighted by Crippen LogP contribution is -2.30. The Morgan fingerprint density at radius 2 is 1.68 bits per heavy atom. The first-order valence-corrected chi connectivity index (χ1v) is 11.1. The van der Waals surface area contributed by atoms with Crippen molar-refractivity contribution in [2.24, 2.45) is 0 Å². The second-order valence-electron chi connectivity index (χ2n) is 7.16. The highest BCUT2D eigenvalue weighted by molar-refractivity contribution is 7.92. The van der Waals surface area contributed by atoms with E-state index in [4.69, 9.17) is 4.74 Å². The van der Waals surface area contributed by atoms with Gasteiger partial charge in [-0.2, -0.15) is 0 Å². The summed E-state index contributed by atoms with van der Waals surface area (Å²) in [4.78, 5) is 20.2. The number of nitrogens with one attached hydrogen (secondary N) is 2. The van der Waals surface area contributed by atoms with Crippen molar-refractivity contribution in [2.45, 2.75) is 38.7 Å². The number of hydrogen-bond donors (Lipinski definition) is 2. The summed E-state index contributed by atoms with van der Waals surface area (Å²) < 4.78 is 33.0. The molecular formula is C22H24N4O4S. The van der Waals surface area contributed by atoms with Crippen LogP contribution in [0.1, 0.15) is 23.6 Å². The molecule has 0 aliphatic carbocycles. The Morgan fingerprint density at radius 3 is 2.32 bits per heavy atom. The van der Waals surface area contributed by atoms with Gasteiger partial charge in [0.2, 0.25) is 5.95 Å². The minimum Gasteiger partial charge on any atom is -0.481 e. The first kappa shape index (κ1) is 22.2. The molecule has 0 saturated carbocycles. The van der Waals surface area contributed by atoms with Crippen molar-refractivity contribution in [1.82, 2.24) is 9.97 Å².